The number of pyridine rings is 1. The fraction of sp³-hybridized carbons (Fsp3) is 0.0769. The molecule has 0 saturated heterocycles. The molecule has 0 spiro atoms. The van der Waals surface area contributed by atoms with Crippen molar-refractivity contribution in [1.82, 2.24) is 4.98 Å². The van der Waals surface area contributed by atoms with Gasteiger partial charge in [0.1, 0.15) is 17.5 Å². The van der Waals surface area contributed by atoms with Gasteiger partial charge in [-0.2, -0.15) is 0 Å². The minimum absolute atomic E-state index is 0.0602. The zero-order valence-electron chi connectivity index (χ0n) is 10.5. The largest absolute Gasteiger partial charge is 0.453 e. The van der Waals surface area contributed by atoms with Gasteiger partial charge in [-0.1, -0.05) is 0 Å². The number of hydrogen-bond acceptors (Lipinski definition) is 5. The molecule has 0 unspecified atom stereocenters. The summed E-state index contributed by atoms with van der Waals surface area (Å²) in [6.45, 7) is -0.0602. The third-order valence-corrected chi connectivity index (χ3v) is 2.72. The molecule has 1 aromatic heterocycles. The van der Waals surface area contributed by atoms with E-state index in [4.69, 9.17) is 15.2 Å². The predicted molar refractivity (Wildman–Crippen MR) is 68.5 cm³/mol. The lowest BCUT2D eigenvalue weighted by atomic mass is 10.2. The average Bonchev–Trinajstić information content (AvgIpc) is 2.84. The van der Waals surface area contributed by atoms with Crippen molar-refractivity contribution in [2.45, 2.75) is 0 Å². The van der Waals surface area contributed by atoms with Crippen LogP contribution in [0.4, 0.5) is 20.3 Å². The first-order chi connectivity index (χ1) is 10.0. The minimum Gasteiger partial charge on any atom is -0.453 e. The highest BCUT2D eigenvalue weighted by Crippen LogP contribution is 2.37. The summed E-state index contributed by atoms with van der Waals surface area (Å²) in [4.78, 5) is 15.3. The number of amides is 1. The Kier molecular flexibility index (Phi) is 3.05. The molecule has 21 heavy (non-hydrogen) atoms. The molecule has 1 amide bonds. The zero-order valence-corrected chi connectivity index (χ0v) is 10.5. The van der Waals surface area contributed by atoms with Crippen LogP contribution in [0.2, 0.25) is 0 Å². The Bertz CT molecular complexity index is 717. The van der Waals surface area contributed by atoms with Gasteiger partial charge < -0.3 is 20.5 Å². The molecule has 0 saturated carbocycles. The van der Waals surface area contributed by atoms with Crippen molar-refractivity contribution in [3.05, 3.63) is 41.6 Å². The Morgan fingerprint density at radius 2 is 1.90 bits per heavy atom. The topological polar surface area (TPSA) is 86.5 Å². The number of nitrogens with zero attached hydrogens (tertiary/aromatic N) is 1. The number of rotatable bonds is 3. The number of nitrogens with two attached hydrogens (primary N) is 1. The van der Waals surface area contributed by atoms with E-state index in [0.717, 1.165) is 18.2 Å². The van der Waals surface area contributed by atoms with E-state index < -0.39 is 17.5 Å². The molecule has 0 bridgehead atoms. The maximum atomic E-state index is 13.1. The van der Waals surface area contributed by atoms with Gasteiger partial charge in [-0.05, 0) is 12.1 Å². The third kappa shape index (κ3) is 2.55. The van der Waals surface area contributed by atoms with Crippen LogP contribution in [0, 0.1) is 11.6 Å². The van der Waals surface area contributed by atoms with E-state index in [1.165, 1.54) is 6.07 Å². The average molecular weight is 293 g/mol. The first-order valence-corrected chi connectivity index (χ1v) is 5.86. The molecule has 2 aromatic rings. The molecule has 3 N–H and O–H groups in total. The van der Waals surface area contributed by atoms with E-state index in [9.17, 15) is 13.6 Å². The highest BCUT2D eigenvalue weighted by Gasteiger charge is 2.24. The Morgan fingerprint density at radius 3 is 2.57 bits per heavy atom. The van der Waals surface area contributed by atoms with Gasteiger partial charge in [0.25, 0.3) is 5.91 Å². The van der Waals surface area contributed by atoms with Crippen molar-refractivity contribution < 1.29 is 23.0 Å². The number of anilines is 2. The first kappa shape index (κ1) is 13.1. The number of hydrogen-bond donors (Lipinski definition) is 2. The number of aromatic nitrogens is 1. The summed E-state index contributed by atoms with van der Waals surface area (Å²) < 4.78 is 36.5. The fourth-order valence-electron chi connectivity index (χ4n) is 1.91. The summed E-state index contributed by atoms with van der Waals surface area (Å²) in [6.07, 6.45) is 0. The van der Waals surface area contributed by atoms with Crippen molar-refractivity contribution in [1.29, 1.82) is 0 Å². The molecule has 0 fully saturated rings. The number of fused-ring (bicyclic) bond motifs is 1. The van der Waals surface area contributed by atoms with Crippen LogP contribution in [-0.2, 0) is 0 Å². The molecule has 0 radical (unpaired) electrons. The van der Waals surface area contributed by atoms with Crippen LogP contribution in [-0.4, -0.2) is 17.7 Å². The van der Waals surface area contributed by atoms with E-state index in [0.29, 0.717) is 0 Å². The smallest absolute Gasteiger partial charge is 0.271 e. The Morgan fingerprint density at radius 1 is 1.19 bits per heavy atom. The fourth-order valence-corrected chi connectivity index (χ4v) is 1.91. The quantitative estimate of drug-likeness (QED) is 0.903. The van der Waals surface area contributed by atoms with E-state index in [2.05, 4.69) is 10.3 Å². The van der Waals surface area contributed by atoms with Crippen molar-refractivity contribution in [3.63, 3.8) is 0 Å². The molecule has 1 aromatic carbocycles. The zero-order chi connectivity index (χ0) is 15.0. The molecule has 2 heterocycles. The van der Waals surface area contributed by atoms with Crippen molar-refractivity contribution >= 4 is 17.4 Å². The van der Waals surface area contributed by atoms with Crippen LogP contribution < -0.4 is 20.5 Å². The van der Waals surface area contributed by atoms with Crippen LogP contribution in [0.3, 0.4) is 0 Å². The van der Waals surface area contributed by atoms with E-state index in [1.54, 1.807) is 0 Å². The van der Waals surface area contributed by atoms with Gasteiger partial charge in [-0.15, -0.1) is 0 Å². The second kappa shape index (κ2) is 4.89. The predicted octanol–water partition coefficient (Wildman–Crippen LogP) is 1.93. The Labute approximate surface area is 117 Å². The van der Waals surface area contributed by atoms with Gasteiger partial charge in [-0.25, -0.2) is 13.8 Å². The van der Waals surface area contributed by atoms with E-state index >= 15 is 0 Å². The summed E-state index contributed by atoms with van der Waals surface area (Å²) in [5, 5.41) is 2.68. The number of benzene rings is 1. The highest BCUT2D eigenvalue weighted by molar-refractivity contribution is 5.95. The molecule has 108 valence electrons. The lowest BCUT2D eigenvalue weighted by Crippen LogP contribution is -2.14. The summed E-state index contributed by atoms with van der Waals surface area (Å²) in [5.41, 5.74) is 5.23. The van der Waals surface area contributed by atoms with Gasteiger partial charge in [0, 0.05) is 17.8 Å². The van der Waals surface area contributed by atoms with Gasteiger partial charge in [-0.3, -0.25) is 4.79 Å². The molecule has 1 aliphatic heterocycles. The molecule has 8 heteroatoms. The highest BCUT2D eigenvalue weighted by atomic mass is 19.1. The molecule has 0 atom stereocenters. The molecule has 6 nitrogen and oxygen atoms in total. The maximum Gasteiger partial charge on any atom is 0.271 e. The van der Waals surface area contributed by atoms with E-state index in [-0.39, 0.29) is 35.5 Å². The minimum atomic E-state index is -0.800. The third-order valence-electron chi connectivity index (χ3n) is 2.72. The summed E-state index contributed by atoms with van der Waals surface area (Å²) >= 11 is 0. The second-order valence-electron chi connectivity index (χ2n) is 4.24. The standard InChI is InChI=1S/C13H9F2N3O3/c14-6-1-7(15)3-8(2-6)17-10-4-9-12(21-5-20-9)11(18-10)13(16)19/h1-4H,5H2,(H2,16,19)(H,17,18). The summed E-state index contributed by atoms with van der Waals surface area (Å²) in [5.74, 6) is -1.71. The van der Waals surface area contributed by atoms with Crippen LogP contribution >= 0.6 is 0 Å². The van der Waals surface area contributed by atoms with Gasteiger partial charge in [0.05, 0.1) is 0 Å². The SMILES string of the molecule is NC(=O)c1nc(Nc2cc(F)cc(F)c2)cc2c1OCO2. The Hall–Kier alpha value is -2.90. The maximum absolute atomic E-state index is 13.1. The summed E-state index contributed by atoms with van der Waals surface area (Å²) in [7, 11) is 0. The number of carbonyl (C=O) groups excluding carboxylic acids is 1. The van der Waals surface area contributed by atoms with Crippen LogP contribution in [0.25, 0.3) is 0 Å². The van der Waals surface area contributed by atoms with Crippen molar-refractivity contribution in [3.8, 4) is 11.5 Å². The van der Waals surface area contributed by atoms with Crippen LogP contribution in [0.15, 0.2) is 24.3 Å². The summed E-state index contributed by atoms with van der Waals surface area (Å²) in [6, 6.07) is 4.35. The van der Waals surface area contributed by atoms with Gasteiger partial charge in [0.2, 0.25) is 6.79 Å². The number of carbonyl (C=O) groups is 1. The number of primary amides is 1. The molecule has 1 aliphatic rings. The number of ether oxygens (including phenoxy) is 2. The van der Waals surface area contributed by atoms with Gasteiger partial charge >= 0.3 is 0 Å². The molecular formula is C13H9F2N3O3. The lowest BCUT2D eigenvalue weighted by molar-refractivity contribution is 0.0990. The van der Waals surface area contributed by atoms with Crippen LogP contribution in [0.5, 0.6) is 11.5 Å². The van der Waals surface area contributed by atoms with Crippen molar-refractivity contribution in [2.24, 2.45) is 5.73 Å². The van der Waals surface area contributed by atoms with Gasteiger partial charge in [0.15, 0.2) is 17.2 Å². The lowest BCUT2D eigenvalue weighted by Gasteiger charge is -2.09. The van der Waals surface area contributed by atoms with Crippen molar-refractivity contribution in [2.75, 3.05) is 12.1 Å². The molecule has 3 rings (SSSR count). The number of nitrogens with one attached hydrogen (secondary N) is 1. The monoisotopic (exact) mass is 293 g/mol. The first-order valence-electron chi connectivity index (χ1n) is 5.86. The normalized spacial score (nSPS) is 12.3. The molecule has 0 aliphatic carbocycles. The number of halogens is 2. The molecular weight excluding hydrogens is 284 g/mol. The van der Waals surface area contributed by atoms with Crippen LogP contribution in [0.1, 0.15) is 10.5 Å². The Balaban J connectivity index is 1.99. The van der Waals surface area contributed by atoms with E-state index in [1.807, 2.05) is 0 Å². The second-order valence-corrected chi connectivity index (χ2v) is 4.24.